The topological polar surface area (TPSA) is 70.7 Å². The Balaban J connectivity index is 1.61. The number of methoxy groups -OCH3 is 1. The summed E-state index contributed by atoms with van der Waals surface area (Å²) in [6.45, 7) is 4.02. The Kier molecular flexibility index (Phi) is 4.90. The van der Waals surface area contributed by atoms with Crippen molar-refractivity contribution in [1.29, 1.82) is 0 Å². The molecule has 4 aromatic heterocycles. The summed E-state index contributed by atoms with van der Waals surface area (Å²) in [5.41, 5.74) is 4.74. The van der Waals surface area contributed by atoms with E-state index < -0.39 is 11.6 Å². The molecule has 0 saturated carbocycles. The van der Waals surface area contributed by atoms with Crippen LogP contribution in [0, 0.1) is 18.6 Å². The maximum atomic E-state index is 13.7. The largest absolute Gasteiger partial charge is 0.375 e. The number of ether oxygens (including phenoxy) is 1. The third-order valence-electron chi connectivity index (χ3n) is 5.50. The molecule has 0 N–H and O–H groups in total. The number of fused-ring (bicyclic) bond motifs is 2. The standard InChI is InChI=1S/C23H20F2N6O/c1-13(32-3)20-11-26-19-4-5-30(23(19)29-20)18-9-21-22(27-10-18)28-14(2)31(21)12-15-6-16(24)8-17(25)7-15/h4-11,13H,12H2,1-3H3. The number of aromatic nitrogens is 6. The first-order chi connectivity index (χ1) is 15.4. The van der Waals surface area contributed by atoms with Crippen molar-refractivity contribution < 1.29 is 13.5 Å². The van der Waals surface area contributed by atoms with Crippen LogP contribution < -0.4 is 0 Å². The van der Waals surface area contributed by atoms with E-state index in [2.05, 4.69) is 15.0 Å². The fourth-order valence-electron chi connectivity index (χ4n) is 3.76. The second kappa shape index (κ2) is 7.76. The maximum Gasteiger partial charge on any atom is 0.178 e. The van der Waals surface area contributed by atoms with Gasteiger partial charge < -0.3 is 9.30 Å². The summed E-state index contributed by atoms with van der Waals surface area (Å²) < 4.78 is 36.5. The van der Waals surface area contributed by atoms with Gasteiger partial charge in [-0.1, -0.05) is 0 Å². The van der Waals surface area contributed by atoms with Gasteiger partial charge in [0.2, 0.25) is 0 Å². The Labute approximate surface area is 182 Å². The molecule has 0 bridgehead atoms. The summed E-state index contributed by atoms with van der Waals surface area (Å²) in [4.78, 5) is 18.2. The number of rotatable bonds is 5. The summed E-state index contributed by atoms with van der Waals surface area (Å²) in [5, 5.41) is 0. The van der Waals surface area contributed by atoms with Crippen molar-refractivity contribution in [2.24, 2.45) is 0 Å². The Morgan fingerprint density at radius 1 is 1.03 bits per heavy atom. The fourth-order valence-corrected chi connectivity index (χ4v) is 3.76. The van der Waals surface area contributed by atoms with Gasteiger partial charge in [-0.2, -0.15) is 0 Å². The summed E-state index contributed by atoms with van der Waals surface area (Å²) in [5.74, 6) is -0.526. The van der Waals surface area contributed by atoms with Crippen LogP contribution in [0.3, 0.4) is 0 Å². The molecule has 0 fully saturated rings. The van der Waals surface area contributed by atoms with Gasteiger partial charge in [0.15, 0.2) is 11.3 Å². The molecule has 32 heavy (non-hydrogen) atoms. The second-order valence-corrected chi connectivity index (χ2v) is 7.63. The van der Waals surface area contributed by atoms with E-state index in [1.807, 2.05) is 41.3 Å². The Morgan fingerprint density at radius 2 is 1.81 bits per heavy atom. The van der Waals surface area contributed by atoms with Crippen molar-refractivity contribution in [2.75, 3.05) is 7.11 Å². The van der Waals surface area contributed by atoms with Crippen LogP contribution in [0.25, 0.3) is 28.0 Å². The number of imidazole rings is 1. The molecule has 5 rings (SSSR count). The van der Waals surface area contributed by atoms with E-state index in [9.17, 15) is 8.78 Å². The highest BCUT2D eigenvalue weighted by Crippen LogP contribution is 2.24. The lowest BCUT2D eigenvalue weighted by Gasteiger charge is -2.11. The third kappa shape index (κ3) is 3.50. The monoisotopic (exact) mass is 434 g/mol. The van der Waals surface area contributed by atoms with Crippen molar-refractivity contribution in [3.05, 3.63) is 77.6 Å². The number of aryl methyl sites for hydroxylation is 1. The van der Waals surface area contributed by atoms with Gasteiger partial charge in [-0.05, 0) is 43.7 Å². The predicted molar refractivity (Wildman–Crippen MR) is 116 cm³/mol. The van der Waals surface area contributed by atoms with E-state index in [1.165, 1.54) is 12.1 Å². The van der Waals surface area contributed by atoms with Crippen LogP contribution in [0.4, 0.5) is 8.78 Å². The van der Waals surface area contributed by atoms with E-state index in [0.717, 1.165) is 28.5 Å². The lowest BCUT2D eigenvalue weighted by atomic mass is 10.2. The van der Waals surface area contributed by atoms with Gasteiger partial charge >= 0.3 is 0 Å². The summed E-state index contributed by atoms with van der Waals surface area (Å²) in [7, 11) is 1.63. The Hall–Kier alpha value is -3.72. The van der Waals surface area contributed by atoms with Crippen molar-refractivity contribution in [1.82, 2.24) is 29.1 Å². The molecule has 0 aliphatic rings. The Bertz CT molecular complexity index is 1440. The zero-order chi connectivity index (χ0) is 22.4. The SMILES string of the molecule is COC(C)c1cnc2ccn(-c3cnc4nc(C)n(Cc5cc(F)cc(F)c5)c4c3)c2n1. The average molecular weight is 434 g/mol. The smallest absolute Gasteiger partial charge is 0.178 e. The molecule has 0 radical (unpaired) electrons. The Morgan fingerprint density at radius 3 is 2.56 bits per heavy atom. The number of hydrogen-bond donors (Lipinski definition) is 0. The van der Waals surface area contributed by atoms with Gasteiger partial charge in [0, 0.05) is 25.9 Å². The summed E-state index contributed by atoms with van der Waals surface area (Å²) in [6.07, 6.45) is 5.11. The zero-order valence-corrected chi connectivity index (χ0v) is 17.8. The molecule has 0 aliphatic carbocycles. The molecule has 1 unspecified atom stereocenters. The molecule has 1 atom stereocenters. The number of pyridine rings is 1. The van der Waals surface area contributed by atoms with Crippen LogP contribution in [0.1, 0.15) is 30.1 Å². The zero-order valence-electron chi connectivity index (χ0n) is 17.8. The van der Waals surface area contributed by atoms with Gasteiger partial charge in [-0.3, -0.25) is 9.55 Å². The molecule has 4 heterocycles. The van der Waals surface area contributed by atoms with Crippen LogP contribution in [0.15, 0.2) is 48.9 Å². The van der Waals surface area contributed by atoms with Crippen molar-refractivity contribution in [3.8, 4) is 5.69 Å². The quantitative estimate of drug-likeness (QED) is 0.407. The van der Waals surface area contributed by atoms with Crippen molar-refractivity contribution in [2.45, 2.75) is 26.5 Å². The van der Waals surface area contributed by atoms with Gasteiger partial charge in [-0.25, -0.2) is 23.7 Å². The van der Waals surface area contributed by atoms with Gasteiger partial charge in [-0.15, -0.1) is 0 Å². The molecule has 0 saturated heterocycles. The highest BCUT2D eigenvalue weighted by Gasteiger charge is 2.15. The molecule has 0 spiro atoms. The molecule has 0 amide bonds. The van der Waals surface area contributed by atoms with E-state index in [-0.39, 0.29) is 12.6 Å². The van der Waals surface area contributed by atoms with Crippen LogP contribution in [0.2, 0.25) is 0 Å². The normalized spacial score (nSPS) is 12.7. The molecule has 5 aromatic rings. The average Bonchev–Trinajstić information content (AvgIpc) is 3.32. The van der Waals surface area contributed by atoms with Crippen LogP contribution in [-0.4, -0.2) is 36.2 Å². The van der Waals surface area contributed by atoms with Gasteiger partial charge in [0.05, 0.1) is 35.4 Å². The van der Waals surface area contributed by atoms with E-state index >= 15 is 0 Å². The highest BCUT2D eigenvalue weighted by molar-refractivity contribution is 5.78. The van der Waals surface area contributed by atoms with Crippen LogP contribution in [-0.2, 0) is 11.3 Å². The van der Waals surface area contributed by atoms with Crippen molar-refractivity contribution in [3.63, 3.8) is 0 Å². The molecule has 162 valence electrons. The van der Waals surface area contributed by atoms with Crippen molar-refractivity contribution >= 4 is 22.3 Å². The third-order valence-corrected chi connectivity index (χ3v) is 5.50. The molecule has 1 aromatic carbocycles. The van der Waals surface area contributed by atoms with E-state index in [4.69, 9.17) is 9.72 Å². The molecule has 0 aliphatic heterocycles. The molecule has 9 heteroatoms. The van der Waals surface area contributed by atoms with E-state index in [1.54, 1.807) is 19.5 Å². The first kappa shape index (κ1) is 20.2. The second-order valence-electron chi connectivity index (χ2n) is 7.63. The van der Waals surface area contributed by atoms with Crippen LogP contribution in [0.5, 0.6) is 0 Å². The number of hydrogen-bond acceptors (Lipinski definition) is 5. The first-order valence-corrected chi connectivity index (χ1v) is 10.1. The summed E-state index contributed by atoms with van der Waals surface area (Å²) >= 11 is 0. The lowest BCUT2D eigenvalue weighted by Crippen LogP contribution is -2.04. The van der Waals surface area contributed by atoms with E-state index in [0.29, 0.717) is 22.7 Å². The van der Waals surface area contributed by atoms with Gasteiger partial charge in [0.25, 0.3) is 0 Å². The molecule has 7 nitrogen and oxygen atoms in total. The van der Waals surface area contributed by atoms with Crippen LogP contribution >= 0.6 is 0 Å². The fraction of sp³-hybridized carbons (Fsp3) is 0.217. The number of benzene rings is 1. The first-order valence-electron chi connectivity index (χ1n) is 10.1. The maximum absolute atomic E-state index is 13.7. The minimum atomic E-state index is -0.612. The molecular formula is C23H20F2N6O. The van der Waals surface area contributed by atoms with Gasteiger partial charge in [0.1, 0.15) is 23.0 Å². The highest BCUT2D eigenvalue weighted by atomic mass is 19.1. The lowest BCUT2D eigenvalue weighted by molar-refractivity contribution is 0.116. The minimum Gasteiger partial charge on any atom is -0.375 e. The number of halogens is 2. The molecular weight excluding hydrogens is 414 g/mol. The number of nitrogens with zero attached hydrogens (tertiary/aromatic N) is 6. The summed E-state index contributed by atoms with van der Waals surface area (Å²) in [6, 6.07) is 7.31. The minimum absolute atomic E-state index is 0.188. The predicted octanol–water partition coefficient (Wildman–Crippen LogP) is 4.51.